The van der Waals surface area contributed by atoms with Crippen LogP contribution in [-0.4, -0.2) is 192 Å². The van der Waals surface area contributed by atoms with E-state index in [0.29, 0.717) is 13.0 Å². The Morgan fingerprint density at radius 2 is 1.31 bits per heavy atom. The summed E-state index contributed by atoms with van der Waals surface area (Å²) in [6, 6.07) is -1.13. The Morgan fingerprint density at radius 3 is 1.92 bits per heavy atom. The Bertz CT molecular complexity index is 1790. The molecule has 0 unspecified atom stereocenters. The molecule has 2 saturated heterocycles. The molecule has 19 heteroatoms. The number of nitrogens with zero attached hydrogens (tertiary/aromatic N) is 1. The molecule has 3 aliphatic rings. The lowest BCUT2D eigenvalue weighted by Gasteiger charge is -2.46. The summed E-state index contributed by atoms with van der Waals surface area (Å²) in [5.41, 5.74) is 6.12. The van der Waals surface area contributed by atoms with E-state index < -0.39 is 147 Å². The third-order valence-electron chi connectivity index (χ3n) is 13.1. The Morgan fingerprint density at radius 1 is 0.718 bits per heavy atom. The number of ether oxygens (including phenoxy) is 4. The molecule has 0 aromatic rings. The van der Waals surface area contributed by atoms with E-state index in [1.807, 2.05) is 68.5 Å². The van der Waals surface area contributed by atoms with Gasteiger partial charge in [0.15, 0.2) is 12.1 Å². The number of aliphatic hydroxyl groups is 10. The number of rotatable bonds is 7. The molecule has 2 bridgehead atoms. The molecule has 1 amide bonds. The number of allylic oxidation sites excluding steroid dienone is 12. The number of aliphatic hydroxyl groups excluding tert-OH is 9. The molecule has 0 aliphatic carbocycles. The monoisotopic (exact) mass is 1010 g/mol. The van der Waals surface area contributed by atoms with Gasteiger partial charge in [0.05, 0.1) is 85.5 Å². The van der Waals surface area contributed by atoms with Crippen molar-refractivity contribution in [1.29, 1.82) is 0 Å². The lowest BCUT2D eigenvalue weighted by molar-refractivity contribution is -0.307. The Labute approximate surface area is 419 Å². The van der Waals surface area contributed by atoms with E-state index in [9.17, 15) is 60.7 Å². The van der Waals surface area contributed by atoms with Crippen LogP contribution in [0.15, 0.2) is 85.1 Å². The van der Waals surface area contributed by atoms with Crippen LogP contribution in [0.3, 0.4) is 0 Å². The molecule has 0 spiro atoms. The van der Waals surface area contributed by atoms with Crippen LogP contribution < -0.4 is 11.1 Å². The number of nitrogens with one attached hydrogen (secondary N) is 1. The van der Waals surface area contributed by atoms with Gasteiger partial charge in [0.2, 0.25) is 5.91 Å². The zero-order chi connectivity index (χ0) is 52.8. The van der Waals surface area contributed by atoms with Gasteiger partial charge in [0.25, 0.3) is 0 Å². The quantitative estimate of drug-likeness (QED) is 0.123. The van der Waals surface area contributed by atoms with Crippen LogP contribution >= 0.6 is 0 Å². The van der Waals surface area contributed by atoms with Crippen molar-refractivity contribution >= 4 is 11.9 Å². The third kappa shape index (κ3) is 21.9. The average molecular weight is 1010 g/mol. The second-order valence-electron chi connectivity index (χ2n) is 19.7. The maximum atomic E-state index is 13.8. The summed E-state index contributed by atoms with van der Waals surface area (Å²) in [6.45, 7) is 7.75. The molecule has 3 aliphatic heterocycles. The molecule has 3 rings (SSSR count). The van der Waals surface area contributed by atoms with Crippen LogP contribution in [0, 0.1) is 17.8 Å². The van der Waals surface area contributed by atoms with Gasteiger partial charge in [-0.2, -0.15) is 0 Å². The van der Waals surface area contributed by atoms with E-state index in [-0.39, 0.29) is 38.1 Å². The highest BCUT2D eigenvalue weighted by molar-refractivity contribution is 5.80. The van der Waals surface area contributed by atoms with Crippen molar-refractivity contribution in [2.75, 3.05) is 27.2 Å². The van der Waals surface area contributed by atoms with Gasteiger partial charge in [-0.3, -0.25) is 9.59 Å². The summed E-state index contributed by atoms with van der Waals surface area (Å²) in [5, 5.41) is 113. The number of hydrogen-bond acceptors (Lipinski definition) is 18. The first-order chi connectivity index (χ1) is 33.5. The molecule has 0 saturated carbocycles. The Hall–Kier alpha value is -3.48. The first-order valence-corrected chi connectivity index (χ1v) is 24.9. The minimum Gasteiger partial charge on any atom is -0.462 e. The van der Waals surface area contributed by atoms with Crippen molar-refractivity contribution in [2.45, 2.75) is 183 Å². The molecule has 13 N–H and O–H groups in total. The van der Waals surface area contributed by atoms with Crippen molar-refractivity contribution in [3.8, 4) is 0 Å². The van der Waals surface area contributed by atoms with Gasteiger partial charge in [0, 0.05) is 44.1 Å². The van der Waals surface area contributed by atoms with Crippen LogP contribution in [-0.2, 0) is 28.5 Å². The molecule has 19 atom stereocenters. The fraction of sp³-hybridized carbons (Fsp3) is 0.692. The number of hydrogen-bond donors (Lipinski definition) is 12. The normalized spacial score (nSPS) is 42.7. The number of carbonyl (C=O) groups excluding carboxylic acids is 2. The number of carbonyl (C=O) groups is 2. The molecule has 19 nitrogen and oxygen atoms in total. The van der Waals surface area contributed by atoms with E-state index in [1.165, 1.54) is 0 Å². The predicted octanol–water partition coefficient (Wildman–Crippen LogP) is 0.695. The van der Waals surface area contributed by atoms with Crippen LogP contribution in [0.25, 0.3) is 0 Å². The van der Waals surface area contributed by atoms with Crippen LogP contribution in [0.4, 0.5) is 0 Å². The minimum atomic E-state index is -2.26. The summed E-state index contributed by atoms with van der Waals surface area (Å²) in [7, 11) is 3.78. The zero-order valence-corrected chi connectivity index (χ0v) is 42.2. The standard InChI is InChI=1S/C52H85N3O16/c1-32-20-17-15-13-11-9-7-8-10-12-14-16-18-21-39(70-51-49(65)46(53)48(64)35(4)69-51)29-43-45(50(66)54-24-19-25-55(5)6)42(61)31-52(67,71-43)30-38(58)27-41(60)40(59)23-22-36(56)26-37(57)28-44(62)68-34(3)33(2)47(32)63/h7-18,20-21,32-43,45-49,51,56-61,63-65,67H,19,22-31,53H2,1-6H3,(H,54,66)/b8-7+,11-9+,12-10+,15-13+,16-14+,20-17-,21-18+/t32-,33-,34-,35+,36+,37+,38-,39-,40+,41+,42-,43-,45+,46-,47+,48+,49-,51-,52+/m0/s1. The van der Waals surface area contributed by atoms with E-state index in [1.54, 1.807) is 63.3 Å². The summed E-state index contributed by atoms with van der Waals surface area (Å²) in [6.07, 6.45) is 5.56. The van der Waals surface area contributed by atoms with Crippen molar-refractivity contribution < 1.29 is 79.6 Å². The topological polar surface area (TPSA) is 315 Å². The maximum absolute atomic E-state index is 13.8. The second kappa shape index (κ2) is 31.3. The van der Waals surface area contributed by atoms with Crippen LogP contribution in [0.1, 0.15) is 85.5 Å². The highest BCUT2D eigenvalue weighted by Crippen LogP contribution is 2.38. The highest BCUT2D eigenvalue weighted by atomic mass is 16.7. The number of nitrogens with two attached hydrogens (primary N) is 1. The second-order valence-corrected chi connectivity index (χ2v) is 19.7. The van der Waals surface area contributed by atoms with Gasteiger partial charge in [-0.05, 0) is 60.2 Å². The molecule has 0 radical (unpaired) electrons. The predicted molar refractivity (Wildman–Crippen MR) is 266 cm³/mol. The largest absolute Gasteiger partial charge is 0.462 e. The Balaban J connectivity index is 1.93. The summed E-state index contributed by atoms with van der Waals surface area (Å²) < 4.78 is 23.8. The van der Waals surface area contributed by atoms with E-state index in [4.69, 9.17) is 24.7 Å². The summed E-state index contributed by atoms with van der Waals surface area (Å²) >= 11 is 0. The molecule has 404 valence electrons. The van der Waals surface area contributed by atoms with Gasteiger partial charge >= 0.3 is 5.97 Å². The number of esters is 1. The van der Waals surface area contributed by atoms with E-state index in [2.05, 4.69) is 5.32 Å². The minimum absolute atomic E-state index is 0.0912. The molecular formula is C52H85N3O16. The fourth-order valence-electron chi connectivity index (χ4n) is 8.71. The lowest BCUT2D eigenvalue weighted by Crippen LogP contribution is -2.62. The van der Waals surface area contributed by atoms with Gasteiger partial charge in [-0.15, -0.1) is 0 Å². The molecule has 2 fully saturated rings. The first-order valence-electron chi connectivity index (χ1n) is 24.9. The van der Waals surface area contributed by atoms with Gasteiger partial charge in [0.1, 0.15) is 12.2 Å². The molecular weight excluding hydrogens is 923 g/mol. The zero-order valence-electron chi connectivity index (χ0n) is 42.2. The van der Waals surface area contributed by atoms with Crippen LogP contribution in [0.5, 0.6) is 0 Å². The number of cyclic esters (lactones) is 1. The van der Waals surface area contributed by atoms with Crippen molar-refractivity contribution in [2.24, 2.45) is 23.5 Å². The summed E-state index contributed by atoms with van der Waals surface area (Å²) in [4.78, 5) is 28.5. The smallest absolute Gasteiger partial charge is 0.308 e. The van der Waals surface area contributed by atoms with E-state index in [0.717, 1.165) is 0 Å². The van der Waals surface area contributed by atoms with E-state index >= 15 is 0 Å². The van der Waals surface area contributed by atoms with Crippen molar-refractivity contribution in [3.63, 3.8) is 0 Å². The van der Waals surface area contributed by atoms with Gasteiger partial charge in [-0.1, -0.05) is 98.9 Å². The SMILES string of the molecule is C[C@@H]1[C@H](O)[C@@H](C)\C=C/C=C/C=C/C=C/C=C/C=C/C=C/[C@H](O[C@@H]2O[C@H](C)[C@@H](O)[C@H](N)[C@@H]2O)C[C@@H]2O[C@](O)(C[C@@H](O)C[C@@H](O)[C@H](O)CC[C@@H](O)C[C@@H](O)CC(=O)O[C@H]1C)C[C@H](O)[C@H]2C(=O)NCCCN(C)C. The van der Waals surface area contributed by atoms with Gasteiger partial charge < -0.3 is 86.0 Å². The molecule has 0 aromatic heterocycles. The third-order valence-corrected chi connectivity index (χ3v) is 13.1. The van der Waals surface area contributed by atoms with Crippen molar-refractivity contribution in [1.82, 2.24) is 10.2 Å². The molecule has 3 heterocycles. The molecule has 71 heavy (non-hydrogen) atoms. The number of amides is 1. The Kier molecular flexibility index (Phi) is 27.3. The van der Waals surface area contributed by atoms with Crippen LogP contribution in [0.2, 0.25) is 0 Å². The van der Waals surface area contributed by atoms with Crippen molar-refractivity contribution in [3.05, 3.63) is 85.1 Å². The first kappa shape index (κ1) is 61.8. The highest BCUT2D eigenvalue weighted by Gasteiger charge is 2.51. The maximum Gasteiger partial charge on any atom is 0.308 e. The number of fused-ring (bicyclic) bond motifs is 2. The molecule has 0 aromatic carbocycles. The van der Waals surface area contributed by atoms with Gasteiger partial charge in [-0.25, -0.2) is 0 Å². The summed E-state index contributed by atoms with van der Waals surface area (Å²) in [5.74, 6) is -5.52. The fourth-order valence-corrected chi connectivity index (χ4v) is 8.71. The average Bonchev–Trinajstić information content (AvgIpc) is 3.28. The lowest BCUT2D eigenvalue weighted by atomic mass is 9.82.